The Morgan fingerprint density at radius 2 is 1.62 bits per heavy atom. The number of alkyl halides is 3. The highest BCUT2D eigenvalue weighted by atomic mass is 19.4. The molecule has 1 heterocycles. The molecule has 0 radical (unpaired) electrons. The third-order valence-corrected chi connectivity index (χ3v) is 6.00. The van der Waals surface area contributed by atoms with Gasteiger partial charge in [0.25, 0.3) is 0 Å². The van der Waals surface area contributed by atoms with Crippen molar-refractivity contribution in [2.24, 2.45) is 11.8 Å². The molecule has 2 aliphatic rings. The minimum atomic E-state index is -4.53. The lowest BCUT2D eigenvalue weighted by molar-refractivity contribution is -0.136. The predicted octanol–water partition coefficient (Wildman–Crippen LogP) is 4.55. The van der Waals surface area contributed by atoms with Gasteiger partial charge in [-0.25, -0.2) is 4.79 Å². The second kappa shape index (κ2) is 7.37. The first-order valence-corrected chi connectivity index (χ1v) is 9.72. The average Bonchev–Trinajstić information content (AvgIpc) is 3.17. The largest absolute Gasteiger partial charge is 0.418 e. The third kappa shape index (κ3) is 4.24. The monoisotopic (exact) mass is 404 g/mol. The highest BCUT2D eigenvalue weighted by molar-refractivity contribution is 5.90. The number of benzene rings is 2. The number of urea groups is 1. The number of carbonyl (C=O) groups is 1. The van der Waals surface area contributed by atoms with Gasteiger partial charge < -0.3 is 15.3 Å². The minimum absolute atomic E-state index is 0.160. The number of nitrogens with one attached hydrogen (secondary N) is 1. The van der Waals surface area contributed by atoms with E-state index in [4.69, 9.17) is 0 Å². The molecule has 2 fully saturated rings. The summed E-state index contributed by atoms with van der Waals surface area (Å²) in [7, 11) is 0. The van der Waals surface area contributed by atoms with Crippen molar-refractivity contribution in [1.29, 1.82) is 0 Å². The molecule has 7 heteroatoms. The van der Waals surface area contributed by atoms with Gasteiger partial charge in [-0.1, -0.05) is 42.5 Å². The number of rotatable bonds is 3. The van der Waals surface area contributed by atoms with E-state index in [1.807, 2.05) is 30.3 Å². The molecule has 1 saturated heterocycles. The molecule has 2 aromatic carbocycles. The van der Waals surface area contributed by atoms with Gasteiger partial charge in [-0.05, 0) is 42.4 Å². The van der Waals surface area contributed by atoms with E-state index in [9.17, 15) is 23.1 Å². The van der Waals surface area contributed by atoms with E-state index in [1.54, 1.807) is 4.90 Å². The molecule has 2 aromatic rings. The van der Waals surface area contributed by atoms with Gasteiger partial charge >= 0.3 is 12.2 Å². The molecule has 4 nitrogen and oxygen atoms in total. The maximum atomic E-state index is 13.1. The fourth-order valence-electron chi connectivity index (χ4n) is 4.78. The van der Waals surface area contributed by atoms with Crippen molar-refractivity contribution in [2.45, 2.75) is 31.0 Å². The molecule has 2 amide bonds. The summed E-state index contributed by atoms with van der Waals surface area (Å²) in [6.07, 6.45) is -2.77. The summed E-state index contributed by atoms with van der Waals surface area (Å²) < 4.78 is 39.4. The Hall–Kier alpha value is -2.54. The maximum Gasteiger partial charge on any atom is 0.418 e. The van der Waals surface area contributed by atoms with E-state index >= 15 is 0 Å². The number of aliphatic hydroxyl groups is 1. The van der Waals surface area contributed by atoms with Crippen LogP contribution in [-0.4, -0.2) is 34.7 Å². The number of halogens is 3. The lowest BCUT2D eigenvalue weighted by Gasteiger charge is -2.26. The number of hydrogen-bond donors (Lipinski definition) is 2. The topological polar surface area (TPSA) is 52.6 Å². The van der Waals surface area contributed by atoms with Crippen LogP contribution in [0.3, 0.4) is 0 Å². The molecule has 3 atom stereocenters. The van der Waals surface area contributed by atoms with Crippen LogP contribution in [0.15, 0.2) is 54.6 Å². The van der Waals surface area contributed by atoms with Gasteiger partial charge in [0, 0.05) is 19.5 Å². The quantitative estimate of drug-likeness (QED) is 0.789. The smallest absolute Gasteiger partial charge is 0.390 e. The highest BCUT2D eigenvalue weighted by Crippen LogP contribution is 2.45. The van der Waals surface area contributed by atoms with Gasteiger partial charge in [0.15, 0.2) is 0 Å². The van der Waals surface area contributed by atoms with Gasteiger partial charge in [-0.3, -0.25) is 0 Å². The summed E-state index contributed by atoms with van der Waals surface area (Å²) in [6, 6.07) is 14.3. The molecule has 2 N–H and O–H groups in total. The van der Waals surface area contributed by atoms with Crippen LogP contribution in [0.4, 0.5) is 23.7 Å². The first kappa shape index (κ1) is 19.8. The van der Waals surface area contributed by atoms with Crippen molar-refractivity contribution in [1.82, 2.24) is 4.90 Å². The summed E-state index contributed by atoms with van der Waals surface area (Å²) in [5, 5.41) is 13.4. The van der Waals surface area contributed by atoms with Crippen LogP contribution in [-0.2, 0) is 12.6 Å². The zero-order chi connectivity index (χ0) is 20.6. The second-order valence-electron chi connectivity index (χ2n) is 8.19. The van der Waals surface area contributed by atoms with Crippen molar-refractivity contribution in [3.05, 3.63) is 65.7 Å². The molecule has 0 spiro atoms. The van der Waals surface area contributed by atoms with E-state index in [0.717, 1.165) is 11.6 Å². The molecule has 154 valence electrons. The average molecular weight is 404 g/mol. The van der Waals surface area contributed by atoms with Gasteiger partial charge in [0.1, 0.15) is 0 Å². The number of anilines is 1. The molecule has 0 bridgehead atoms. The number of fused-ring (bicyclic) bond motifs is 1. The first-order valence-electron chi connectivity index (χ1n) is 9.72. The molecule has 1 aliphatic heterocycles. The van der Waals surface area contributed by atoms with Crippen LogP contribution in [0, 0.1) is 11.8 Å². The van der Waals surface area contributed by atoms with Gasteiger partial charge in [0.2, 0.25) is 0 Å². The predicted molar refractivity (Wildman–Crippen MR) is 103 cm³/mol. The first-order chi connectivity index (χ1) is 13.7. The molecular formula is C22H23F3N2O2. The number of amides is 2. The fourth-order valence-corrected chi connectivity index (χ4v) is 4.78. The summed E-state index contributed by atoms with van der Waals surface area (Å²) in [6.45, 7) is 0.892. The second-order valence-corrected chi connectivity index (χ2v) is 8.19. The van der Waals surface area contributed by atoms with Crippen LogP contribution < -0.4 is 5.32 Å². The van der Waals surface area contributed by atoms with Crippen molar-refractivity contribution in [3.8, 4) is 0 Å². The molecule has 0 aromatic heterocycles. The molecule has 4 rings (SSSR count). The van der Waals surface area contributed by atoms with Crippen molar-refractivity contribution >= 4 is 11.7 Å². The fraction of sp³-hybridized carbons (Fsp3) is 0.409. The summed E-state index contributed by atoms with van der Waals surface area (Å²) in [4.78, 5) is 14.1. The van der Waals surface area contributed by atoms with Crippen LogP contribution >= 0.6 is 0 Å². The number of para-hydroxylation sites is 1. The maximum absolute atomic E-state index is 13.1. The third-order valence-electron chi connectivity index (χ3n) is 6.00. The number of likely N-dealkylation sites (tertiary alicyclic amines) is 1. The summed E-state index contributed by atoms with van der Waals surface area (Å²) in [5.41, 5.74) is -0.803. The normalized spacial score (nSPS) is 26.4. The van der Waals surface area contributed by atoms with Crippen LogP contribution in [0.2, 0.25) is 0 Å². The van der Waals surface area contributed by atoms with E-state index in [2.05, 4.69) is 5.32 Å². The van der Waals surface area contributed by atoms with E-state index in [0.29, 0.717) is 32.4 Å². The number of hydrogen-bond acceptors (Lipinski definition) is 2. The van der Waals surface area contributed by atoms with Crippen LogP contribution in [0.1, 0.15) is 24.0 Å². The minimum Gasteiger partial charge on any atom is -0.390 e. The standard InChI is InChI=1S/C22H23F3N2O2/c23-22(24,25)18-8-4-5-9-19(18)26-20(28)27-13-16-11-21(29,12-17(16)14-27)10-15-6-2-1-3-7-15/h1-9,16-17,29H,10-14H2,(H,26,28)/t16-,17+,21+. The molecular weight excluding hydrogens is 381 g/mol. The van der Waals surface area contributed by atoms with Crippen molar-refractivity contribution in [2.75, 3.05) is 18.4 Å². The molecule has 0 unspecified atom stereocenters. The van der Waals surface area contributed by atoms with E-state index < -0.39 is 23.4 Å². The Balaban J connectivity index is 1.38. The zero-order valence-electron chi connectivity index (χ0n) is 15.8. The molecule has 1 saturated carbocycles. The Labute approximate surface area is 167 Å². The van der Waals surface area contributed by atoms with Crippen molar-refractivity contribution < 1.29 is 23.1 Å². The van der Waals surface area contributed by atoms with Gasteiger partial charge in [-0.15, -0.1) is 0 Å². The Morgan fingerprint density at radius 1 is 1.03 bits per heavy atom. The molecule has 29 heavy (non-hydrogen) atoms. The lowest BCUT2D eigenvalue weighted by atomic mass is 9.91. The van der Waals surface area contributed by atoms with E-state index in [1.165, 1.54) is 18.2 Å². The Morgan fingerprint density at radius 3 is 2.24 bits per heavy atom. The van der Waals surface area contributed by atoms with Crippen molar-refractivity contribution in [3.63, 3.8) is 0 Å². The molecule has 1 aliphatic carbocycles. The number of nitrogens with zero attached hydrogens (tertiary/aromatic N) is 1. The summed E-state index contributed by atoms with van der Waals surface area (Å²) >= 11 is 0. The highest BCUT2D eigenvalue weighted by Gasteiger charge is 2.49. The zero-order valence-corrected chi connectivity index (χ0v) is 15.8. The number of carbonyl (C=O) groups excluding carboxylic acids is 1. The Bertz CT molecular complexity index is 871. The van der Waals surface area contributed by atoms with E-state index in [-0.39, 0.29) is 17.5 Å². The summed E-state index contributed by atoms with van der Waals surface area (Å²) in [5.74, 6) is 0.319. The Kier molecular flexibility index (Phi) is 5.02. The van der Waals surface area contributed by atoms with Gasteiger partial charge in [0.05, 0.1) is 16.9 Å². The lowest BCUT2D eigenvalue weighted by Crippen LogP contribution is -2.37. The van der Waals surface area contributed by atoms with Gasteiger partial charge in [-0.2, -0.15) is 13.2 Å². The van der Waals surface area contributed by atoms with Crippen LogP contribution in [0.25, 0.3) is 0 Å². The van der Waals surface area contributed by atoms with Crippen LogP contribution in [0.5, 0.6) is 0 Å². The SMILES string of the molecule is O=C(Nc1ccccc1C(F)(F)F)N1C[C@@H]2C[C@](O)(Cc3ccccc3)C[C@@H]2C1.